The Hall–Kier alpha value is -3.13. The second-order valence-corrected chi connectivity index (χ2v) is 6.76. The maximum atomic E-state index is 12.2. The molecular weight excluding hydrogens is 412 g/mol. The molecule has 7 nitrogen and oxygen atoms in total. The summed E-state index contributed by atoms with van der Waals surface area (Å²) in [4.78, 5) is 12.2. The molecule has 0 saturated carbocycles. The van der Waals surface area contributed by atoms with Gasteiger partial charge >= 0.3 is 0 Å². The Balaban J connectivity index is 1.36. The molecule has 0 saturated heterocycles. The first kappa shape index (κ1) is 17.3. The Morgan fingerprint density at radius 3 is 3.00 bits per heavy atom. The van der Waals surface area contributed by atoms with Gasteiger partial charge in [-0.15, -0.1) is 0 Å². The smallest absolute Gasteiger partial charge is 0.291 e. The molecule has 1 aromatic heterocycles. The van der Waals surface area contributed by atoms with Crippen LogP contribution in [0.2, 0.25) is 0 Å². The SMILES string of the molecule is O=C(N/N=C\c1ccc2c(c1)OCO2)c1ccn(Cc2cccc(Br)c2)n1. The van der Waals surface area contributed by atoms with Crippen molar-refractivity contribution in [1.29, 1.82) is 0 Å². The Labute approximate surface area is 163 Å². The molecule has 0 bridgehead atoms. The third kappa shape index (κ3) is 4.17. The third-order valence-electron chi connectivity index (χ3n) is 3.88. The summed E-state index contributed by atoms with van der Waals surface area (Å²) in [6.07, 6.45) is 3.30. The van der Waals surface area contributed by atoms with E-state index in [2.05, 4.69) is 31.6 Å². The number of nitrogens with zero attached hydrogens (tertiary/aromatic N) is 3. The monoisotopic (exact) mass is 426 g/mol. The molecule has 0 atom stereocenters. The van der Waals surface area contributed by atoms with Crippen LogP contribution >= 0.6 is 15.9 Å². The Kier molecular flexibility index (Phi) is 4.88. The molecule has 0 spiro atoms. The van der Waals surface area contributed by atoms with E-state index in [1.165, 1.54) is 0 Å². The van der Waals surface area contributed by atoms with E-state index in [9.17, 15) is 4.79 Å². The molecule has 27 heavy (non-hydrogen) atoms. The number of aromatic nitrogens is 2. The maximum absolute atomic E-state index is 12.2. The quantitative estimate of drug-likeness (QED) is 0.501. The molecule has 0 fully saturated rings. The lowest BCUT2D eigenvalue weighted by molar-refractivity contribution is 0.0949. The molecular formula is C19H15BrN4O3. The number of nitrogens with one attached hydrogen (secondary N) is 1. The highest BCUT2D eigenvalue weighted by atomic mass is 79.9. The van der Waals surface area contributed by atoms with Crippen LogP contribution < -0.4 is 14.9 Å². The standard InChI is InChI=1S/C19H15BrN4O3/c20-15-3-1-2-14(8-15)11-24-7-6-16(23-24)19(25)22-21-10-13-4-5-17-18(9-13)27-12-26-17/h1-10H,11-12H2,(H,22,25)/b21-10-. The van der Waals surface area contributed by atoms with Gasteiger partial charge in [0, 0.05) is 10.7 Å². The third-order valence-corrected chi connectivity index (χ3v) is 4.38. The minimum absolute atomic E-state index is 0.218. The van der Waals surface area contributed by atoms with Crippen LogP contribution in [0.5, 0.6) is 11.5 Å². The number of hydrogen-bond acceptors (Lipinski definition) is 5. The van der Waals surface area contributed by atoms with Crippen molar-refractivity contribution < 1.29 is 14.3 Å². The highest BCUT2D eigenvalue weighted by Gasteiger charge is 2.13. The number of benzene rings is 2. The fraction of sp³-hybridized carbons (Fsp3) is 0.105. The van der Waals surface area contributed by atoms with Gasteiger partial charge < -0.3 is 9.47 Å². The molecule has 2 aromatic carbocycles. The number of ether oxygens (including phenoxy) is 2. The highest BCUT2D eigenvalue weighted by Crippen LogP contribution is 2.31. The first-order chi connectivity index (χ1) is 13.2. The minimum Gasteiger partial charge on any atom is -0.454 e. The zero-order valence-electron chi connectivity index (χ0n) is 14.1. The second kappa shape index (κ2) is 7.63. The minimum atomic E-state index is -0.375. The van der Waals surface area contributed by atoms with Crippen molar-refractivity contribution in [3.05, 3.63) is 76.0 Å². The zero-order valence-corrected chi connectivity index (χ0v) is 15.7. The second-order valence-electron chi connectivity index (χ2n) is 5.84. The average Bonchev–Trinajstić information content (AvgIpc) is 3.30. The van der Waals surface area contributed by atoms with E-state index in [0.29, 0.717) is 23.7 Å². The molecule has 1 amide bonds. The predicted molar refractivity (Wildman–Crippen MR) is 103 cm³/mol. The number of rotatable bonds is 5. The summed E-state index contributed by atoms with van der Waals surface area (Å²) in [7, 11) is 0. The Morgan fingerprint density at radius 1 is 1.22 bits per heavy atom. The van der Waals surface area contributed by atoms with Crippen LogP contribution in [0.1, 0.15) is 21.6 Å². The van der Waals surface area contributed by atoms with E-state index < -0.39 is 0 Å². The van der Waals surface area contributed by atoms with Gasteiger partial charge in [0.2, 0.25) is 6.79 Å². The highest BCUT2D eigenvalue weighted by molar-refractivity contribution is 9.10. The molecule has 2 heterocycles. The molecule has 8 heteroatoms. The molecule has 0 aliphatic carbocycles. The molecule has 0 radical (unpaired) electrons. The summed E-state index contributed by atoms with van der Waals surface area (Å²) in [5, 5.41) is 8.26. The van der Waals surface area contributed by atoms with Crippen LogP contribution in [-0.4, -0.2) is 28.7 Å². The summed E-state index contributed by atoms with van der Waals surface area (Å²) < 4.78 is 13.3. The molecule has 1 N–H and O–H groups in total. The first-order valence-corrected chi connectivity index (χ1v) is 8.98. The van der Waals surface area contributed by atoms with Gasteiger partial charge in [-0.25, -0.2) is 5.43 Å². The van der Waals surface area contributed by atoms with E-state index in [1.54, 1.807) is 35.3 Å². The van der Waals surface area contributed by atoms with E-state index in [1.807, 2.05) is 30.3 Å². The van der Waals surface area contributed by atoms with Crippen molar-refractivity contribution in [2.24, 2.45) is 5.10 Å². The summed E-state index contributed by atoms with van der Waals surface area (Å²) in [5.74, 6) is 0.990. The number of amides is 1. The van der Waals surface area contributed by atoms with Crippen LogP contribution in [-0.2, 0) is 6.54 Å². The fourth-order valence-corrected chi connectivity index (χ4v) is 3.06. The largest absolute Gasteiger partial charge is 0.454 e. The first-order valence-electron chi connectivity index (χ1n) is 8.18. The predicted octanol–water partition coefficient (Wildman–Crippen LogP) is 3.19. The van der Waals surface area contributed by atoms with Gasteiger partial charge in [-0.2, -0.15) is 10.2 Å². The van der Waals surface area contributed by atoms with Crippen molar-refractivity contribution in [3.8, 4) is 11.5 Å². The van der Waals surface area contributed by atoms with Crippen molar-refractivity contribution in [2.45, 2.75) is 6.54 Å². The van der Waals surface area contributed by atoms with Gasteiger partial charge in [-0.3, -0.25) is 9.48 Å². The van der Waals surface area contributed by atoms with Gasteiger partial charge in [0.05, 0.1) is 12.8 Å². The lowest BCUT2D eigenvalue weighted by Gasteiger charge is -2.02. The Bertz CT molecular complexity index is 1020. The molecule has 4 rings (SSSR count). The molecule has 136 valence electrons. The van der Waals surface area contributed by atoms with Gasteiger partial charge in [0.25, 0.3) is 5.91 Å². The van der Waals surface area contributed by atoms with Crippen LogP contribution in [0.3, 0.4) is 0 Å². The summed E-state index contributed by atoms with van der Waals surface area (Å²) in [5.41, 5.74) is 4.65. The van der Waals surface area contributed by atoms with Crippen LogP contribution in [0, 0.1) is 0 Å². The van der Waals surface area contributed by atoms with Gasteiger partial charge in [-0.1, -0.05) is 28.1 Å². The summed E-state index contributed by atoms with van der Waals surface area (Å²) in [6.45, 7) is 0.794. The maximum Gasteiger partial charge on any atom is 0.291 e. The van der Waals surface area contributed by atoms with E-state index in [-0.39, 0.29) is 12.7 Å². The fourth-order valence-electron chi connectivity index (χ4n) is 2.61. The van der Waals surface area contributed by atoms with Gasteiger partial charge in [0.15, 0.2) is 17.2 Å². The summed E-state index contributed by atoms with van der Waals surface area (Å²) in [6, 6.07) is 15.0. The molecule has 0 unspecified atom stereocenters. The molecule has 1 aliphatic rings. The number of carbonyl (C=O) groups excluding carboxylic acids is 1. The van der Waals surface area contributed by atoms with Gasteiger partial charge in [-0.05, 0) is 47.5 Å². The van der Waals surface area contributed by atoms with E-state index in [0.717, 1.165) is 15.6 Å². The average molecular weight is 427 g/mol. The molecule has 1 aliphatic heterocycles. The number of carbonyl (C=O) groups is 1. The normalized spacial score (nSPS) is 12.5. The van der Waals surface area contributed by atoms with Crippen molar-refractivity contribution in [3.63, 3.8) is 0 Å². The van der Waals surface area contributed by atoms with Crippen molar-refractivity contribution >= 4 is 28.1 Å². The lowest BCUT2D eigenvalue weighted by Crippen LogP contribution is -2.18. The van der Waals surface area contributed by atoms with Crippen molar-refractivity contribution in [2.75, 3.05) is 6.79 Å². The van der Waals surface area contributed by atoms with Crippen LogP contribution in [0.15, 0.2) is 64.3 Å². The topological polar surface area (TPSA) is 77.7 Å². The summed E-state index contributed by atoms with van der Waals surface area (Å²) >= 11 is 3.44. The number of hydrogen-bond donors (Lipinski definition) is 1. The van der Waals surface area contributed by atoms with Crippen LogP contribution in [0.25, 0.3) is 0 Å². The molecule has 3 aromatic rings. The van der Waals surface area contributed by atoms with Crippen molar-refractivity contribution in [1.82, 2.24) is 15.2 Å². The van der Waals surface area contributed by atoms with E-state index >= 15 is 0 Å². The van der Waals surface area contributed by atoms with Gasteiger partial charge in [0.1, 0.15) is 0 Å². The zero-order chi connectivity index (χ0) is 18.6. The van der Waals surface area contributed by atoms with Crippen LogP contribution in [0.4, 0.5) is 0 Å². The number of fused-ring (bicyclic) bond motifs is 1. The Morgan fingerprint density at radius 2 is 2.11 bits per heavy atom. The van der Waals surface area contributed by atoms with E-state index in [4.69, 9.17) is 9.47 Å². The number of hydrazone groups is 1. The lowest BCUT2D eigenvalue weighted by atomic mass is 10.2. The number of halogens is 1.